The molecule has 3 rings (SSSR count). The summed E-state index contributed by atoms with van der Waals surface area (Å²) in [5, 5.41) is 0.0336. The second-order valence-corrected chi connectivity index (χ2v) is 6.82. The van der Waals surface area contributed by atoms with Crippen molar-refractivity contribution >= 4 is 21.6 Å². The van der Waals surface area contributed by atoms with Crippen LogP contribution in [0.5, 0.6) is 0 Å². The van der Waals surface area contributed by atoms with Gasteiger partial charge in [0.2, 0.25) is 15.3 Å². The minimum absolute atomic E-state index is 0.0336. The van der Waals surface area contributed by atoms with Crippen molar-refractivity contribution in [1.82, 2.24) is 19.3 Å². The molecule has 2 aromatic rings. The monoisotopic (exact) mass is 312 g/mol. The molecule has 2 aromatic heterocycles. The lowest BCUT2D eigenvalue weighted by Crippen LogP contribution is -2.31. The fourth-order valence-corrected chi connectivity index (χ4v) is 4.12. The fraction of sp³-hybridized carbons (Fsp3) is 0.333. The zero-order valence-corrected chi connectivity index (χ0v) is 12.1. The fourth-order valence-electron chi connectivity index (χ4n) is 2.46. The van der Waals surface area contributed by atoms with E-state index in [0.29, 0.717) is 6.54 Å². The van der Waals surface area contributed by atoms with Crippen molar-refractivity contribution in [2.24, 2.45) is 0 Å². The van der Waals surface area contributed by atoms with Crippen LogP contribution in [-0.2, 0) is 10.0 Å². The van der Waals surface area contributed by atoms with Crippen molar-refractivity contribution in [2.75, 3.05) is 6.54 Å². The average Bonchev–Trinajstić information content (AvgIpc) is 3.10. The van der Waals surface area contributed by atoms with Gasteiger partial charge in [0, 0.05) is 18.4 Å². The Bertz CT molecular complexity index is 685. The van der Waals surface area contributed by atoms with Crippen LogP contribution in [0.2, 0.25) is 5.28 Å². The molecule has 0 amide bonds. The molecular formula is C12H13ClN4O2S. The molecule has 1 saturated heterocycles. The van der Waals surface area contributed by atoms with Crippen LogP contribution in [0.4, 0.5) is 0 Å². The van der Waals surface area contributed by atoms with Gasteiger partial charge in [0.1, 0.15) is 4.90 Å². The Kier molecular flexibility index (Phi) is 3.49. The Morgan fingerprint density at radius 1 is 1.35 bits per heavy atom. The zero-order chi connectivity index (χ0) is 14.2. The van der Waals surface area contributed by atoms with Crippen LogP contribution in [-0.4, -0.2) is 34.2 Å². The molecule has 1 fully saturated rings. The maximum atomic E-state index is 12.6. The summed E-state index contributed by atoms with van der Waals surface area (Å²) in [5.41, 5.74) is 0.904. The average molecular weight is 313 g/mol. The number of aromatic nitrogens is 3. The van der Waals surface area contributed by atoms with Crippen LogP contribution in [0, 0.1) is 0 Å². The van der Waals surface area contributed by atoms with Gasteiger partial charge in [-0.2, -0.15) is 4.31 Å². The molecule has 0 radical (unpaired) electrons. The maximum Gasteiger partial charge on any atom is 0.246 e. The third kappa shape index (κ3) is 2.32. The molecule has 8 heteroatoms. The number of nitrogens with one attached hydrogen (secondary N) is 1. The SMILES string of the molecule is O=S(=O)(c1cnc(Cl)nc1)N1CCCC1c1ccc[nH]1. The third-order valence-corrected chi connectivity index (χ3v) is 5.44. The Morgan fingerprint density at radius 3 is 2.75 bits per heavy atom. The number of hydrogen-bond donors (Lipinski definition) is 1. The lowest BCUT2D eigenvalue weighted by Gasteiger charge is -2.23. The van der Waals surface area contributed by atoms with Crippen molar-refractivity contribution < 1.29 is 8.42 Å². The molecule has 0 aromatic carbocycles. The van der Waals surface area contributed by atoms with Crippen LogP contribution < -0.4 is 0 Å². The van der Waals surface area contributed by atoms with Crippen molar-refractivity contribution in [3.63, 3.8) is 0 Å². The Balaban J connectivity index is 1.96. The number of rotatable bonds is 3. The van der Waals surface area contributed by atoms with Crippen LogP contribution in [0.15, 0.2) is 35.6 Å². The minimum atomic E-state index is -3.60. The van der Waals surface area contributed by atoms with E-state index in [9.17, 15) is 8.42 Å². The minimum Gasteiger partial charge on any atom is -0.364 e. The summed E-state index contributed by atoms with van der Waals surface area (Å²) in [7, 11) is -3.60. The summed E-state index contributed by atoms with van der Waals surface area (Å²) < 4.78 is 26.8. The van der Waals surface area contributed by atoms with Crippen LogP contribution in [0.3, 0.4) is 0 Å². The number of hydrogen-bond acceptors (Lipinski definition) is 4. The normalized spacial score (nSPS) is 20.4. The van der Waals surface area contributed by atoms with Crippen molar-refractivity contribution in [1.29, 1.82) is 0 Å². The lowest BCUT2D eigenvalue weighted by molar-refractivity contribution is 0.391. The predicted molar refractivity (Wildman–Crippen MR) is 73.7 cm³/mol. The van der Waals surface area contributed by atoms with E-state index in [1.807, 2.05) is 12.1 Å². The molecular weight excluding hydrogens is 300 g/mol. The molecule has 1 N–H and O–H groups in total. The first kappa shape index (κ1) is 13.5. The standard InChI is InChI=1S/C12H13ClN4O2S/c13-12-15-7-9(8-16-12)20(18,19)17-6-2-4-11(17)10-3-1-5-14-10/h1,3,5,7-8,11,14H,2,4,6H2. The zero-order valence-electron chi connectivity index (χ0n) is 10.5. The summed E-state index contributed by atoms with van der Waals surface area (Å²) in [5.74, 6) is 0. The summed E-state index contributed by atoms with van der Waals surface area (Å²) >= 11 is 5.60. The van der Waals surface area contributed by atoms with Gasteiger partial charge in [0.05, 0.1) is 18.4 Å². The summed E-state index contributed by atoms with van der Waals surface area (Å²) in [6.45, 7) is 0.495. The third-order valence-electron chi connectivity index (χ3n) is 3.39. The van der Waals surface area contributed by atoms with Gasteiger partial charge < -0.3 is 4.98 Å². The molecule has 0 spiro atoms. The van der Waals surface area contributed by atoms with Gasteiger partial charge in [0.15, 0.2) is 0 Å². The number of sulfonamides is 1. The Hall–Kier alpha value is -1.44. The van der Waals surface area contributed by atoms with Crippen LogP contribution >= 0.6 is 11.6 Å². The molecule has 1 aliphatic rings. The highest BCUT2D eigenvalue weighted by Crippen LogP contribution is 2.35. The van der Waals surface area contributed by atoms with Gasteiger partial charge in [-0.05, 0) is 36.6 Å². The van der Waals surface area contributed by atoms with Gasteiger partial charge in [-0.1, -0.05) is 0 Å². The molecule has 1 aliphatic heterocycles. The topological polar surface area (TPSA) is 79.0 Å². The van der Waals surface area contributed by atoms with E-state index in [2.05, 4.69) is 15.0 Å². The largest absolute Gasteiger partial charge is 0.364 e. The van der Waals surface area contributed by atoms with E-state index in [-0.39, 0.29) is 16.2 Å². The number of aromatic amines is 1. The molecule has 6 nitrogen and oxygen atoms in total. The summed E-state index contributed by atoms with van der Waals surface area (Å²) in [6.07, 6.45) is 5.92. The molecule has 0 saturated carbocycles. The van der Waals surface area contributed by atoms with E-state index in [0.717, 1.165) is 18.5 Å². The Labute approximate surface area is 121 Å². The second kappa shape index (κ2) is 5.16. The van der Waals surface area contributed by atoms with Gasteiger partial charge in [-0.3, -0.25) is 0 Å². The Morgan fingerprint density at radius 2 is 2.10 bits per heavy atom. The van der Waals surface area contributed by atoms with E-state index >= 15 is 0 Å². The number of H-pyrrole nitrogens is 1. The van der Waals surface area contributed by atoms with Crippen LogP contribution in [0.1, 0.15) is 24.6 Å². The quantitative estimate of drug-likeness (QED) is 0.879. The van der Waals surface area contributed by atoms with Gasteiger partial charge in [-0.25, -0.2) is 18.4 Å². The number of nitrogens with zero attached hydrogens (tertiary/aromatic N) is 3. The first-order chi connectivity index (χ1) is 9.59. The van der Waals surface area contributed by atoms with Crippen molar-refractivity contribution in [3.05, 3.63) is 41.7 Å². The smallest absolute Gasteiger partial charge is 0.246 e. The van der Waals surface area contributed by atoms with E-state index < -0.39 is 10.0 Å². The molecule has 1 unspecified atom stereocenters. The molecule has 1 atom stereocenters. The van der Waals surface area contributed by atoms with Gasteiger partial charge in [0.25, 0.3) is 0 Å². The molecule has 106 valence electrons. The lowest BCUT2D eigenvalue weighted by atomic mass is 10.2. The van der Waals surface area contributed by atoms with Crippen molar-refractivity contribution in [3.8, 4) is 0 Å². The predicted octanol–water partition coefficient (Wildman–Crippen LogP) is 1.98. The van der Waals surface area contributed by atoms with E-state index in [4.69, 9.17) is 11.6 Å². The molecule has 20 heavy (non-hydrogen) atoms. The molecule has 0 aliphatic carbocycles. The molecule has 3 heterocycles. The highest BCUT2D eigenvalue weighted by Gasteiger charge is 2.36. The highest BCUT2D eigenvalue weighted by atomic mass is 35.5. The van der Waals surface area contributed by atoms with Crippen LogP contribution in [0.25, 0.3) is 0 Å². The van der Waals surface area contributed by atoms with E-state index in [1.54, 1.807) is 6.20 Å². The second-order valence-electron chi connectivity index (χ2n) is 4.59. The molecule has 0 bridgehead atoms. The van der Waals surface area contributed by atoms with Crippen molar-refractivity contribution in [2.45, 2.75) is 23.8 Å². The maximum absolute atomic E-state index is 12.6. The summed E-state index contributed by atoms with van der Waals surface area (Å²) in [6, 6.07) is 3.60. The number of halogens is 1. The van der Waals surface area contributed by atoms with E-state index in [1.165, 1.54) is 16.7 Å². The van der Waals surface area contributed by atoms with Gasteiger partial charge >= 0.3 is 0 Å². The first-order valence-corrected chi connectivity index (χ1v) is 8.03. The summed E-state index contributed by atoms with van der Waals surface area (Å²) in [4.78, 5) is 10.6. The first-order valence-electron chi connectivity index (χ1n) is 6.22. The highest BCUT2D eigenvalue weighted by molar-refractivity contribution is 7.89. The van der Waals surface area contributed by atoms with Gasteiger partial charge in [-0.15, -0.1) is 0 Å².